The molecular weight excluding hydrogens is 474 g/mol. The molecule has 1 saturated heterocycles. The van der Waals surface area contributed by atoms with Crippen LogP contribution in [-0.2, 0) is 11.0 Å². The molecule has 1 N–H and O–H groups in total. The summed E-state index contributed by atoms with van der Waals surface area (Å²) in [4.78, 5) is 32.9. The van der Waals surface area contributed by atoms with Crippen molar-refractivity contribution in [2.45, 2.75) is 82.1 Å². The fourth-order valence-electron chi connectivity index (χ4n) is 5.30. The van der Waals surface area contributed by atoms with Crippen molar-refractivity contribution in [2.24, 2.45) is 5.92 Å². The number of carbonyl (C=O) groups is 2. The minimum atomic E-state index is -4.65. The van der Waals surface area contributed by atoms with Crippen LogP contribution < -0.4 is 5.32 Å². The number of nitrogens with zero attached hydrogens (tertiary/aromatic N) is 2. The van der Waals surface area contributed by atoms with Gasteiger partial charge in [-0.25, -0.2) is 4.39 Å². The van der Waals surface area contributed by atoms with Crippen molar-refractivity contribution in [1.29, 1.82) is 0 Å². The van der Waals surface area contributed by atoms with Gasteiger partial charge in [-0.05, 0) is 80.5 Å². The maximum absolute atomic E-state index is 14.8. The molecule has 9 heteroatoms. The molecule has 2 heterocycles. The van der Waals surface area contributed by atoms with E-state index in [2.05, 4.69) is 10.3 Å². The first-order valence-corrected chi connectivity index (χ1v) is 12.6. The molecule has 2 saturated carbocycles. The number of carbonyl (C=O) groups excluding carboxylic acids is 2. The van der Waals surface area contributed by atoms with Crippen molar-refractivity contribution in [1.82, 2.24) is 15.2 Å². The lowest BCUT2D eigenvalue weighted by atomic mass is 9.99. The number of amides is 2. The van der Waals surface area contributed by atoms with Gasteiger partial charge in [0.25, 0.3) is 5.91 Å². The Bertz CT molecular complexity index is 1160. The van der Waals surface area contributed by atoms with Crippen LogP contribution in [0.2, 0.25) is 0 Å². The summed E-state index contributed by atoms with van der Waals surface area (Å²) in [6.07, 6.45) is 4.12. The van der Waals surface area contributed by atoms with Crippen molar-refractivity contribution < 1.29 is 27.2 Å². The van der Waals surface area contributed by atoms with Gasteiger partial charge in [0.2, 0.25) is 5.91 Å². The molecule has 5 rings (SSSR count). The lowest BCUT2D eigenvalue weighted by Gasteiger charge is -2.31. The predicted molar refractivity (Wildman–Crippen MR) is 124 cm³/mol. The van der Waals surface area contributed by atoms with E-state index < -0.39 is 35.5 Å². The van der Waals surface area contributed by atoms with Gasteiger partial charge in [0.05, 0.1) is 17.2 Å². The van der Waals surface area contributed by atoms with Gasteiger partial charge in [0, 0.05) is 24.0 Å². The summed E-state index contributed by atoms with van der Waals surface area (Å²) in [5, 5.41) is 2.89. The van der Waals surface area contributed by atoms with Crippen molar-refractivity contribution in [3.63, 3.8) is 0 Å². The maximum atomic E-state index is 14.8. The molecule has 1 unspecified atom stereocenters. The number of hydrogen-bond acceptors (Lipinski definition) is 3. The van der Waals surface area contributed by atoms with Crippen LogP contribution in [0.1, 0.15) is 90.9 Å². The second kappa shape index (κ2) is 9.48. The molecule has 2 aromatic rings. The highest BCUT2D eigenvalue weighted by Gasteiger charge is 2.43. The van der Waals surface area contributed by atoms with E-state index in [1.807, 2.05) is 13.0 Å². The summed E-state index contributed by atoms with van der Waals surface area (Å²) in [5.41, 5.74) is 0.457. The number of alkyl halides is 3. The number of pyridine rings is 1. The highest BCUT2D eigenvalue weighted by Crippen LogP contribution is 2.43. The fraction of sp³-hybridized carbons (Fsp3) is 0.519. The third-order valence-corrected chi connectivity index (χ3v) is 7.62. The average Bonchev–Trinajstić information content (AvgIpc) is 3.78. The number of nitrogens with one attached hydrogen (secondary N) is 1. The van der Waals surface area contributed by atoms with Crippen LogP contribution in [0.25, 0.3) is 0 Å². The minimum absolute atomic E-state index is 0.0445. The predicted octanol–water partition coefficient (Wildman–Crippen LogP) is 5.77. The van der Waals surface area contributed by atoms with Crippen LogP contribution in [0.4, 0.5) is 17.6 Å². The number of aromatic nitrogens is 1. The van der Waals surface area contributed by atoms with Crippen molar-refractivity contribution in [3.05, 3.63) is 64.7 Å². The third-order valence-electron chi connectivity index (χ3n) is 7.62. The van der Waals surface area contributed by atoms with Gasteiger partial charge >= 0.3 is 6.18 Å². The van der Waals surface area contributed by atoms with Crippen molar-refractivity contribution in [2.75, 3.05) is 0 Å². The SMILES string of the molecule is CC[C@@H]1CC[C@H](C(=O)NC(c2ccc(C(F)(F)F)cc2F)C2CC2)N1C(=O)c1cncc(C2CC2)c1. The van der Waals surface area contributed by atoms with Crippen LogP contribution in [0.15, 0.2) is 36.7 Å². The highest BCUT2D eigenvalue weighted by atomic mass is 19.4. The molecule has 3 fully saturated rings. The van der Waals surface area contributed by atoms with Crippen LogP contribution in [0, 0.1) is 11.7 Å². The molecule has 36 heavy (non-hydrogen) atoms. The van der Waals surface area contributed by atoms with Gasteiger partial charge < -0.3 is 10.2 Å². The molecule has 3 atom stereocenters. The monoisotopic (exact) mass is 503 g/mol. The van der Waals surface area contributed by atoms with Gasteiger partial charge in [0.15, 0.2) is 0 Å². The Morgan fingerprint density at radius 2 is 1.83 bits per heavy atom. The molecule has 0 radical (unpaired) electrons. The molecule has 1 aliphatic heterocycles. The summed E-state index contributed by atoms with van der Waals surface area (Å²) >= 11 is 0. The summed E-state index contributed by atoms with van der Waals surface area (Å²) in [6, 6.07) is 2.72. The number of rotatable bonds is 7. The van der Waals surface area contributed by atoms with E-state index in [-0.39, 0.29) is 23.4 Å². The second-order valence-electron chi connectivity index (χ2n) is 10.2. The van der Waals surface area contributed by atoms with Gasteiger partial charge in [-0.15, -0.1) is 0 Å². The Labute approximate surface area is 207 Å². The molecular formula is C27H29F4N3O2. The normalized spacial score (nSPS) is 23.0. The smallest absolute Gasteiger partial charge is 0.347 e. The van der Waals surface area contributed by atoms with E-state index in [0.29, 0.717) is 36.8 Å². The average molecular weight is 504 g/mol. The Hall–Kier alpha value is -2.97. The molecule has 1 aromatic heterocycles. The first-order valence-electron chi connectivity index (χ1n) is 12.6. The largest absolute Gasteiger partial charge is 0.416 e. The van der Waals surface area contributed by atoms with Gasteiger partial charge in [-0.3, -0.25) is 14.6 Å². The molecule has 0 spiro atoms. The maximum Gasteiger partial charge on any atom is 0.416 e. The number of halogens is 4. The summed E-state index contributed by atoms with van der Waals surface area (Å²) in [5.74, 6) is -1.26. The van der Waals surface area contributed by atoms with Crippen molar-refractivity contribution >= 4 is 11.8 Å². The first kappa shape index (κ1) is 24.7. The molecule has 3 aliphatic rings. The molecule has 2 aliphatic carbocycles. The zero-order chi connectivity index (χ0) is 25.6. The summed E-state index contributed by atoms with van der Waals surface area (Å²) in [7, 11) is 0. The van der Waals surface area contributed by atoms with E-state index in [1.54, 1.807) is 11.1 Å². The Balaban J connectivity index is 1.37. The van der Waals surface area contributed by atoms with E-state index >= 15 is 0 Å². The van der Waals surface area contributed by atoms with Crippen LogP contribution in [0.5, 0.6) is 0 Å². The Kier molecular flexibility index (Phi) is 6.51. The van der Waals surface area contributed by atoms with Crippen LogP contribution >= 0.6 is 0 Å². The summed E-state index contributed by atoms with van der Waals surface area (Å²) < 4.78 is 53.8. The standard InChI is InChI=1S/C27H29F4N3O2/c1-2-20-8-10-23(34(20)26(36)18-11-17(13-32-14-18)15-3-4-15)25(35)33-24(16-5-6-16)21-9-7-19(12-22(21)28)27(29,30)31/h7,9,11-16,20,23-24H,2-6,8,10H2,1H3,(H,33,35)/t20-,23-,24?/m1/s1. The number of benzene rings is 1. The number of hydrogen-bond donors (Lipinski definition) is 1. The zero-order valence-corrected chi connectivity index (χ0v) is 20.0. The Morgan fingerprint density at radius 3 is 2.44 bits per heavy atom. The van der Waals surface area contributed by atoms with Gasteiger partial charge in [-0.2, -0.15) is 13.2 Å². The molecule has 0 bridgehead atoms. The highest BCUT2D eigenvalue weighted by molar-refractivity contribution is 5.98. The van der Waals surface area contributed by atoms with Crippen LogP contribution in [0.3, 0.4) is 0 Å². The topological polar surface area (TPSA) is 62.3 Å². The van der Waals surface area contributed by atoms with E-state index in [9.17, 15) is 27.2 Å². The number of likely N-dealkylation sites (tertiary alicyclic amines) is 1. The van der Waals surface area contributed by atoms with Crippen molar-refractivity contribution in [3.8, 4) is 0 Å². The van der Waals surface area contributed by atoms with Gasteiger partial charge in [0.1, 0.15) is 11.9 Å². The zero-order valence-electron chi connectivity index (χ0n) is 20.0. The van der Waals surface area contributed by atoms with E-state index in [1.165, 1.54) is 6.20 Å². The van der Waals surface area contributed by atoms with Crippen LogP contribution in [-0.4, -0.2) is 33.8 Å². The first-order chi connectivity index (χ1) is 17.2. The molecule has 2 amide bonds. The molecule has 1 aromatic carbocycles. The molecule has 5 nitrogen and oxygen atoms in total. The third kappa shape index (κ3) is 4.97. The van der Waals surface area contributed by atoms with E-state index in [4.69, 9.17) is 0 Å². The lowest BCUT2D eigenvalue weighted by Crippen LogP contribution is -2.49. The quantitative estimate of drug-likeness (QED) is 0.488. The minimum Gasteiger partial charge on any atom is -0.347 e. The lowest BCUT2D eigenvalue weighted by molar-refractivity contribution is -0.137. The fourth-order valence-corrected chi connectivity index (χ4v) is 5.30. The molecule has 192 valence electrons. The Morgan fingerprint density at radius 1 is 1.08 bits per heavy atom. The van der Waals surface area contributed by atoms with E-state index in [0.717, 1.165) is 43.4 Å². The van der Waals surface area contributed by atoms with Gasteiger partial charge in [-0.1, -0.05) is 13.0 Å². The second-order valence-corrected chi connectivity index (χ2v) is 10.2. The summed E-state index contributed by atoms with van der Waals surface area (Å²) in [6.45, 7) is 1.97.